The molecule has 2 atom stereocenters. The number of nitrogens with zero attached hydrogens (tertiary/aromatic N) is 3. The van der Waals surface area contributed by atoms with Crippen molar-refractivity contribution in [3.8, 4) is 22.8 Å². The van der Waals surface area contributed by atoms with Crippen LogP contribution < -0.4 is 0 Å². The highest BCUT2D eigenvalue weighted by Crippen LogP contribution is 2.40. The number of benzene rings is 2. The Morgan fingerprint density at radius 3 is 2.53 bits per heavy atom. The molecule has 0 bridgehead atoms. The molecule has 1 aliphatic heterocycles. The van der Waals surface area contributed by atoms with Crippen LogP contribution in [0.4, 0.5) is 0 Å². The fourth-order valence-corrected chi connectivity index (χ4v) is 5.10. The van der Waals surface area contributed by atoms with Crippen molar-refractivity contribution in [2.45, 2.75) is 59.4 Å². The summed E-state index contributed by atoms with van der Waals surface area (Å²) in [6, 6.07) is 15.0. The average Bonchev–Trinajstić information content (AvgIpc) is 3.59. The predicted molar refractivity (Wildman–Crippen MR) is 133 cm³/mol. The van der Waals surface area contributed by atoms with Crippen LogP contribution in [0.5, 0.6) is 0 Å². The zero-order valence-corrected chi connectivity index (χ0v) is 20.6. The monoisotopic (exact) mass is 461 g/mol. The molecule has 0 spiro atoms. The number of fused-ring (bicyclic) bond motifs is 1. The Balaban J connectivity index is 0.00000133. The molecule has 1 aliphatic carbocycles. The van der Waals surface area contributed by atoms with Gasteiger partial charge in [-0.1, -0.05) is 57.1 Å². The second-order valence-electron chi connectivity index (χ2n) is 9.50. The van der Waals surface area contributed by atoms with Crippen molar-refractivity contribution in [1.82, 2.24) is 15.0 Å². The van der Waals surface area contributed by atoms with Crippen molar-refractivity contribution in [2.75, 3.05) is 13.1 Å². The molecular formula is C28H35N3O3. The minimum atomic E-state index is -0.677. The summed E-state index contributed by atoms with van der Waals surface area (Å²) in [6.07, 6.45) is 3.82. The smallest absolute Gasteiger partial charge is 0.307 e. The van der Waals surface area contributed by atoms with Crippen LogP contribution in [0, 0.1) is 11.8 Å². The minimum absolute atomic E-state index is 0.240. The molecule has 6 heteroatoms. The lowest BCUT2D eigenvalue weighted by Gasteiger charge is -2.24. The molecule has 1 saturated heterocycles. The summed E-state index contributed by atoms with van der Waals surface area (Å²) >= 11 is 0. The van der Waals surface area contributed by atoms with Gasteiger partial charge in [-0.25, -0.2) is 0 Å². The summed E-state index contributed by atoms with van der Waals surface area (Å²) in [6.45, 7) is 9.93. The zero-order valence-electron chi connectivity index (χ0n) is 20.6. The normalized spacial score (nSPS) is 19.7. The van der Waals surface area contributed by atoms with E-state index in [2.05, 4.69) is 59.2 Å². The third kappa shape index (κ3) is 5.07. The standard InChI is InChI=1S/C26H29N3O3.C2H6/c1-16(2)13-17-3-5-18(6-4-17)25-27-24(28-32-25)20-7-9-22-19(14-20)8-10-23(22)29-12-11-21(15-29)26(30)31;1-2/h3-7,9,14,16,21,23H,8,10-13,15H2,1-2H3,(H,30,31);1-2H3/t21-,23?;/m1./s1. The molecule has 0 radical (unpaired) electrons. The second-order valence-corrected chi connectivity index (χ2v) is 9.50. The lowest BCUT2D eigenvalue weighted by molar-refractivity contribution is -0.141. The molecule has 3 aromatic rings. The van der Waals surface area contributed by atoms with E-state index < -0.39 is 5.97 Å². The second kappa shape index (κ2) is 10.5. The zero-order chi connectivity index (χ0) is 24.2. The molecule has 6 nitrogen and oxygen atoms in total. The number of aromatic nitrogens is 2. The summed E-state index contributed by atoms with van der Waals surface area (Å²) in [5.74, 6) is 0.842. The predicted octanol–water partition coefficient (Wildman–Crippen LogP) is 6.02. The fraction of sp³-hybridized carbons (Fsp3) is 0.464. The number of hydrogen-bond donors (Lipinski definition) is 1. The highest BCUT2D eigenvalue weighted by Gasteiger charge is 2.35. The van der Waals surface area contributed by atoms with Gasteiger partial charge in [-0.2, -0.15) is 4.98 Å². The third-order valence-electron chi connectivity index (χ3n) is 6.73. The number of aliphatic carboxylic acids is 1. The topological polar surface area (TPSA) is 79.5 Å². The Morgan fingerprint density at radius 1 is 1.12 bits per heavy atom. The van der Waals surface area contributed by atoms with Crippen LogP contribution >= 0.6 is 0 Å². The number of rotatable bonds is 6. The Morgan fingerprint density at radius 2 is 1.85 bits per heavy atom. The van der Waals surface area contributed by atoms with E-state index in [0.29, 0.717) is 30.2 Å². The molecule has 1 aromatic heterocycles. The number of carboxylic acids is 1. The van der Waals surface area contributed by atoms with E-state index in [-0.39, 0.29) is 5.92 Å². The highest BCUT2D eigenvalue weighted by atomic mass is 16.5. The maximum Gasteiger partial charge on any atom is 0.307 e. The molecule has 0 saturated carbocycles. The van der Waals surface area contributed by atoms with Crippen molar-refractivity contribution in [3.05, 3.63) is 59.2 Å². The maximum absolute atomic E-state index is 11.3. The lowest BCUT2D eigenvalue weighted by atomic mass is 10.0. The van der Waals surface area contributed by atoms with Gasteiger partial charge in [-0.3, -0.25) is 9.69 Å². The van der Waals surface area contributed by atoms with E-state index in [1.807, 2.05) is 26.0 Å². The molecule has 2 heterocycles. The van der Waals surface area contributed by atoms with Gasteiger partial charge in [-0.15, -0.1) is 0 Å². The van der Waals surface area contributed by atoms with E-state index in [1.165, 1.54) is 16.7 Å². The van der Waals surface area contributed by atoms with Crippen LogP contribution in [-0.4, -0.2) is 39.2 Å². The van der Waals surface area contributed by atoms with Crippen molar-refractivity contribution in [2.24, 2.45) is 11.8 Å². The molecule has 2 aromatic carbocycles. The minimum Gasteiger partial charge on any atom is -0.481 e. The van der Waals surface area contributed by atoms with Gasteiger partial charge >= 0.3 is 5.97 Å². The van der Waals surface area contributed by atoms with Crippen molar-refractivity contribution >= 4 is 5.97 Å². The van der Waals surface area contributed by atoms with Gasteiger partial charge in [0.25, 0.3) is 5.89 Å². The first-order chi connectivity index (χ1) is 16.5. The number of carboxylic acid groups (broad SMARTS) is 1. The summed E-state index contributed by atoms with van der Waals surface area (Å²) in [5, 5.41) is 13.5. The van der Waals surface area contributed by atoms with Crippen LogP contribution in [-0.2, 0) is 17.6 Å². The van der Waals surface area contributed by atoms with E-state index in [9.17, 15) is 9.90 Å². The molecule has 2 aliphatic rings. The van der Waals surface area contributed by atoms with Crippen molar-refractivity contribution in [1.29, 1.82) is 0 Å². The molecule has 5 rings (SSSR count). The molecule has 1 unspecified atom stereocenters. The third-order valence-corrected chi connectivity index (χ3v) is 6.73. The van der Waals surface area contributed by atoms with Gasteiger partial charge in [0.2, 0.25) is 5.82 Å². The molecule has 180 valence electrons. The maximum atomic E-state index is 11.3. The summed E-state index contributed by atoms with van der Waals surface area (Å²) in [5.41, 5.74) is 5.81. The Bertz CT molecular complexity index is 1120. The van der Waals surface area contributed by atoms with E-state index in [1.54, 1.807) is 0 Å². The van der Waals surface area contributed by atoms with Crippen molar-refractivity contribution < 1.29 is 14.4 Å². The van der Waals surface area contributed by atoms with Gasteiger partial charge in [0, 0.05) is 23.7 Å². The molecule has 1 fully saturated rings. The molecule has 1 N–H and O–H groups in total. The Hall–Kier alpha value is -2.99. The number of likely N-dealkylation sites (tertiary alicyclic amines) is 1. The van der Waals surface area contributed by atoms with Crippen LogP contribution in [0.25, 0.3) is 22.8 Å². The van der Waals surface area contributed by atoms with Gasteiger partial charge in [0.1, 0.15) is 0 Å². The van der Waals surface area contributed by atoms with Gasteiger partial charge in [0.05, 0.1) is 5.92 Å². The molecule has 0 amide bonds. The van der Waals surface area contributed by atoms with E-state index in [0.717, 1.165) is 43.4 Å². The fourth-order valence-electron chi connectivity index (χ4n) is 5.10. The van der Waals surface area contributed by atoms with E-state index in [4.69, 9.17) is 4.52 Å². The number of carbonyl (C=O) groups is 1. The number of hydrogen-bond acceptors (Lipinski definition) is 5. The summed E-state index contributed by atoms with van der Waals surface area (Å²) < 4.78 is 5.56. The quantitative estimate of drug-likeness (QED) is 0.483. The first kappa shape index (κ1) is 24.1. The van der Waals surface area contributed by atoms with Gasteiger partial charge in [0.15, 0.2) is 0 Å². The molecular weight excluding hydrogens is 426 g/mol. The largest absolute Gasteiger partial charge is 0.481 e. The first-order valence-electron chi connectivity index (χ1n) is 12.5. The molecule has 34 heavy (non-hydrogen) atoms. The summed E-state index contributed by atoms with van der Waals surface area (Å²) in [4.78, 5) is 18.3. The Labute approximate surface area is 202 Å². The van der Waals surface area contributed by atoms with Crippen molar-refractivity contribution in [3.63, 3.8) is 0 Å². The van der Waals surface area contributed by atoms with E-state index >= 15 is 0 Å². The SMILES string of the molecule is CC.CC(C)Cc1ccc(-c2nc(-c3ccc4c(c3)CCC4N3CC[C@@H](C(=O)O)C3)no2)cc1. The Kier molecular flexibility index (Phi) is 7.47. The highest BCUT2D eigenvalue weighted by molar-refractivity contribution is 5.70. The van der Waals surface area contributed by atoms with Crippen LogP contribution in [0.15, 0.2) is 47.0 Å². The first-order valence-corrected chi connectivity index (χ1v) is 12.5. The van der Waals surface area contributed by atoms with Gasteiger partial charge in [-0.05, 0) is 73.0 Å². The lowest BCUT2D eigenvalue weighted by Crippen LogP contribution is -2.26. The number of aryl methyl sites for hydroxylation is 1. The van der Waals surface area contributed by atoms with Crippen LogP contribution in [0.2, 0.25) is 0 Å². The summed E-state index contributed by atoms with van der Waals surface area (Å²) in [7, 11) is 0. The van der Waals surface area contributed by atoms with Crippen LogP contribution in [0.3, 0.4) is 0 Å². The van der Waals surface area contributed by atoms with Crippen LogP contribution in [0.1, 0.15) is 63.3 Å². The average molecular weight is 462 g/mol. The van der Waals surface area contributed by atoms with Gasteiger partial charge < -0.3 is 9.63 Å².